The second kappa shape index (κ2) is 18.7. The van der Waals surface area contributed by atoms with Crippen LogP contribution in [0.5, 0.6) is 17.2 Å². The van der Waals surface area contributed by atoms with Crippen LogP contribution >= 0.6 is 0 Å². The Labute approximate surface area is 292 Å². The zero-order valence-electron chi connectivity index (χ0n) is 27.7. The van der Waals surface area contributed by atoms with E-state index in [-0.39, 0.29) is 50.1 Å². The molecule has 0 radical (unpaired) electrons. The van der Waals surface area contributed by atoms with Gasteiger partial charge in [-0.3, -0.25) is 0 Å². The van der Waals surface area contributed by atoms with Crippen LogP contribution in [0, 0.1) is 0 Å². The van der Waals surface area contributed by atoms with Gasteiger partial charge < -0.3 is 43.4 Å². The van der Waals surface area contributed by atoms with Crippen LogP contribution in [0.4, 0.5) is 0 Å². The lowest BCUT2D eigenvalue weighted by Crippen LogP contribution is -2.61. The van der Waals surface area contributed by atoms with Crippen molar-refractivity contribution in [2.24, 2.45) is 0 Å². The number of hydrogen-bond acceptors (Lipinski definition) is 10. The normalized spacial score (nSPS) is 20.0. The van der Waals surface area contributed by atoms with Crippen molar-refractivity contribution >= 4 is 5.97 Å². The number of esters is 1. The van der Waals surface area contributed by atoms with E-state index in [1.54, 1.807) is 0 Å². The summed E-state index contributed by atoms with van der Waals surface area (Å²) in [7, 11) is 0. The van der Waals surface area contributed by atoms with Gasteiger partial charge in [-0.15, -0.1) is 13.2 Å². The summed E-state index contributed by atoms with van der Waals surface area (Å²) in [5, 5.41) is 21.3. The minimum atomic E-state index is -1.41. The first-order valence-electron chi connectivity index (χ1n) is 16.3. The van der Waals surface area contributed by atoms with E-state index in [9.17, 15) is 15.0 Å². The van der Waals surface area contributed by atoms with E-state index >= 15 is 0 Å². The molecule has 0 bridgehead atoms. The second-order valence-corrected chi connectivity index (χ2v) is 11.4. The van der Waals surface area contributed by atoms with Gasteiger partial charge in [0, 0.05) is 0 Å². The van der Waals surface area contributed by atoms with Crippen LogP contribution in [0.15, 0.2) is 128 Å². The molecule has 0 spiro atoms. The molecule has 1 fully saturated rings. The number of carbonyl (C=O) groups is 1. The van der Waals surface area contributed by atoms with Crippen LogP contribution in [-0.4, -0.2) is 66.7 Å². The number of rotatable bonds is 18. The molecule has 5 rings (SSSR count). The topological polar surface area (TPSA) is 122 Å². The lowest BCUT2D eigenvalue weighted by atomic mass is 9.98. The molecule has 5 unspecified atom stereocenters. The van der Waals surface area contributed by atoms with E-state index in [0.717, 1.165) is 16.7 Å². The Balaban J connectivity index is 1.48. The summed E-state index contributed by atoms with van der Waals surface area (Å²) in [5.74, 6) is -0.0217. The first-order chi connectivity index (χ1) is 24.5. The predicted molar refractivity (Wildman–Crippen MR) is 186 cm³/mol. The maximum absolute atomic E-state index is 13.9. The molecule has 1 saturated heterocycles. The Bertz CT molecular complexity index is 1580. The summed E-state index contributed by atoms with van der Waals surface area (Å²) < 4.78 is 42.1. The number of aliphatic hydroxyl groups is 2. The summed E-state index contributed by atoms with van der Waals surface area (Å²) in [6.07, 6.45) is -2.88. The summed E-state index contributed by atoms with van der Waals surface area (Å²) in [4.78, 5) is 13.9. The Morgan fingerprint density at radius 2 is 1.16 bits per heavy atom. The van der Waals surface area contributed by atoms with E-state index in [1.165, 1.54) is 24.3 Å². The molecule has 1 heterocycles. The third-order valence-corrected chi connectivity index (χ3v) is 7.79. The zero-order valence-corrected chi connectivity index (χ0v) is 27.7. The van der Waals surface area contributed by atoms with Gasteiger partial charge in [-0.1, -0.05) is 103 Å². The number of aliphatic hydroxyl groups excluding tert-OH is 2. The van der Waals surface area contributed by atoms with Crippen molar-refractivity contribution in [1.82, 2.24) is 0 Å². The van der Waals surface area contributed by atoms with E-state index < -0.39 is 43.3 Å². The van der Waals surface area contributed by atoms with E-state index in [0.29, 0.717) is 5.75 Å². The van der Waals surface area contributed by atoms with Gasteiger partial charge >= 0.3 is 5.97 Å². The van der Waals surface area contributed by atoms with Crippen molar-refractivity contribution in [3.8, 4) is 17.2 Å². The van der Waals surface area contributed by atoms with Gasteiger partial charge in [0.05, 0.1) is 25.4 Å². The summed E-state index contributed by atoms with van der Waals surface area (Å²) in [6.45, 7) is 7.48. The molecule has 2 N–H and O–H groups in total. The molecule has 0 aromatic heterocycles. The molecule has 262 valence electrons. The molecule has 5 atom stereocenters. The van der Waals surface area contributed by atoms with Crippen molar-refractivity contribution in [3.05, 3.63) is 151 Å². The average Bonchev–Trinajstić information content (AvgIpc) is 3.16. The molecule has 10 nitrogen and oxygen atoms in total. The van der Waals surface area contributed by atoms with Crippen LogP contribution in [-0.2, 0) is 38.8 Å². The minimum absolute atomic E-state index is 0.0273. The lowest BCUT2D eigenvalue weighted by molar-refractivity contribution is -0.298. The van der Waals surface area contributed by atoms with Gasteiger partial charge in [0.1, 0.15) is 44.2 Å². The van der Waals surface area contributed by atoms with Crippen molar-refractivity contribution in [3.63, 3.8) is 0 Å². The molecule has 10 heteroatoms. The first-order valence-corrected chi connectivity index (χ1v) is 16.3. The average molecular weight is 683 g/mol. The molecule has 50 heavy (non-hydrogen) atoms. The monoisotopic (exact) mass is 682 g/mol. The fourth-order valence-electron chi connectivity index (χ4n) is 5.30. The smallest absolute Gasteiger partial charge is 0.340 e. The maximum atomic E-state index is 13.9. The molecule has 0 aliphatic carbocycles. The number of ether oxygens (including phenoxy) is 7. The second-order valence-electron chi connectivity index (χ2n) is 11.4. The zero-order chi connectivity index (χ0) is 35.1. The lowest BCUT2D eigenvalue weighted by Gasteiger charge is -2.42. The minimum Gasteiger partial charge on any atom is -0.485 e. The fourth-order valence-corrected chi connectivity index (χ4v) is 5.30. The Hall–Kier alpha value is -4.97. The van der Waals surface area contributed by atoms with Gasteiger partial charge in [-0.05, 0) is 28.8 Å². The molecule has 4 aromatic rings. The number of hydrogen-bond donors (Lipinski definition) is 2. The van der Waals surface area contributed by atoms with Crippen LogP contribution in [0.3, 0.4) is 0 Å². The SMILES string of the molecule is C=CCOC1C(CO)OC(OC(=O)c2cc(OCc3ccccc3)c(OCc3ccccc3)c(OCc3ccccc3)c2)C(OCC=C)C1O. The molecule has 0 saturated carbocycles. The van der Waals surface area contributed by atoms with Crippen LogP contribution in [0.2, 0.25) is 0 Å². The van der Waals surface area contributed by atoms with Crippen molar-refractivity contribution < 1.29 is 48.2 Å². The molecule has 4 aromatic carbocycles. The van der Waals surface area contributed by atoms with Crippen LogP contribution < -0.4 is 14.2 Å². The van der Waals surface area contributed by atoms with Crippen molar-refractivity contribution in [1.29, 1.82) is 0 Å². The maximum Gasteiger partial charge on any atom is 0.340 e. The van der Waals surface area contributed by atoms with Gasteiger partial charge in [-0.2, -0.15) is 0 Å². The Morgan fingerprint density at radius 3 is 1.62 bits per heavy atom. The van der Waals surface area contributed by atoms with E-state index in [2.05, 4.69) is 13.2 Å². The number of benzene rings is 4. The third kappa shape index (κ3) is 9.81. The highest BCUT2D eigenvalue weighted by atomic mass is 16.7. The molecule has 0 amide bonds. The fraction of sp³-hybridized carbons (Fsp3) is 0.275. The highest BCUT2D eigenvalue weighted by molar-refractivity contribution is 5.91. The number of carbonyl (C=O) groups excluding carboxylic acids is 1. The first kappa shape index (κ1) is 36.3. The van der Waals surface area contributed by atoms with Gasteiger partial charge in [-0.25, -0.2) is 4.79 Å². The summed E-state index contributed by atoms with van der Waals surface area (Å²) in [6, 6.07) is 31.8. The predicted octanol–water partition coefficient (Wildman–Crippen LogP) is 5.80. The standard InChI is InChI=1S/C40H42O10/c1-3-20-44-37-34(24-41)49-40(38(35(37)42)45-21-4-2)50-39(43)31-22-32(46-25-28-14-8-5-9-15-28)36(48-27-30-18-12-7-13-19-30)33(23-31)47-26-29-16-10-6-11-17-29/h3-19,22-23,34-35,37-38,40-42H,1-2,20-21,24-27H2. The molecule has 1 aliphatic heterocycles. The summed E-state index contributed by atoms with van der Waals surface area (Å²) >= 11 is 0. The Kier molecular flexibility index (Phi) is 13.6. The van der Waals surface area contributed by atoms with Gasteiger partial charge in [0.15, 0.2) is 11.5 Å². The highest BCUT2D eigenvalue weighted by Crippen LogP contribution is 2.41. The summed E-state index contributed by atoms with van der Waals surface area (Å²) in [5.41, 5.74) is 2.79. The van der Waals surface area contributed by atoms with E-state index in [1.807, 2.05) is 91.0 Å². The van der Waals surface area contributed by atoms with Crippen molar-refractivity contribution in [2.45, 2.75) is 50.5 Å². The van der Waals surface area contributed by atoms with Crippen LogP contribution in [0.1, 0.15) is 27.0 Å². The van der Waals surface area contributed by atoms with Crippen LogP contribution in [0.25, 0.3) is 0 Å². The molecule has 1 aliphatic rings. The molecular formula is C40H42O10. The molecular weight excluding hydrogens is 640 g/mol. The highest BCUT2D eigenvalue weighted by Gasteiger charge is 2.48. The van der Waals surface area contributed by atoms with Gasteiger partial charge in [0.2, 0.25) is 12.0 Å². The quantitative estimate of drug-likeness (QED) is 0.0984. The Morgan fingerprint density at radius 1 is 0.700 bits per heavy atom. The third-order valence-electron chi connectivity index (χ3n) is 7.79. The van der Waals surface area contributed by atoms with Gasteiger partial charge in [0.25, 0.3) is 0 Å². The largest absolute Gasteiger partial charge is 0.485 e. The van der Waals surface area contributed by atoms with E-state index in [4.69, 9.17) is 33.2 Å². The van der Waals surface area contributed by atoms with Crippen molar-refractivity contribution in [2.75, 3.05) is 19.8 Å².